The number of benzene rings is 1. The molecule has 2 rings (SSSR count). The van der Waals surface area contributed by atoms with Gasteiger partial charge in [0.2, 0.25) is 0 Å². The molecular weight excluding hydrogens is 193 g/mol. The van der Waals surface area contributed by atoms with Gasteiger partial charge in [-0.15, -0.1) is 4.90 Å². The molecule has 1 heterocycles. The quantitative estimate of drug-likeness (QED) is 0.405. The van der Waals surface area contributed by atoms with Crippen molar-refractivity contribution in [3.8, 4) is 0 Å². The van der Waals surface area contributed by atoms with Crippen LogP contribution in [0.15, 0.2) is 41.4 Å². The number of pyridine rings is 1. The summed E-state index contributed by atoms with van der Waals surface area (Å²) in [5.74, 6) is 0. The number of para-hydroxylation sites is 1. The van der Waals surface area contributed by atoms with Gasteiger partial charge >= 0.3 is 51.4 Å². The van der Waals surface area contributed by atoms with Crippen molar-refractivity contribution in [3.05, 3.63) is 36.5 Å². The van der Waals surface area contributed by atoms with E-state index in [1.165, 1.54) is 0 Å². The van der Waals surface area contributed by atoms with Crippen LogP contribution < -0.4 is 51.4 Å². The molecule has 0 bridgehead atoms. The third-order valence-corrected chi connectivity index (χ3v) is 1.93. The van der Waals surface area contributed by atoms with Crippen molar-refractivity contribution in [3.63, 3.8) is 0 Å². The van der Waals surface area contributed by atoms with Gasteiger partial charge in [0.1, 0.15) is 0 Å². The second kappa shape index (κ2) is 4.65. The minimum Gasteiger partial charge on any atom is -0.778 e. The largest absolute Gasteiger partial charge is 1.00 e. The van der Waals surface area contributed by atoms with Crippen molar-refractivity contribution >= 4 is 23.5 Å². The van der Waals surface area contributed by atoms with Crippen LogP contribution in [0.2, 0.25) is 0 Å². The minimum atomic E-state index is 0. The number of nitrogens with zero attached hydrogens (tertiary/aromatic N) is 1. The van der Waals surface area contributed by atoms with Crippen LogP contribution in [0.3, 0.4) is 0 Å². The number of aromatic nitrogens is 1. The fraction of sp³-hybridized carbons (Fsp3) is 0. The smallest absolute Gasteiger partial charge is 0.778 e. The van der Waals surface area contributed by atoms with E-state index >= 15 is 0 Å². The molecule has 0 amide bonds. The number of hydrogen-bond acceptors (Lipinski definition) is 2. The van der Waals surface area contributed by atoms with Gasteiger partial charge in [-0.3, -0.25) is 4.98 Å². The van der Waals surface area contributed by atoms with Crippen LogP contribution in [0.4, 0.5) is 0 Å². The van der Waals surface area contributed by atoms with Crippen molar-refractivity contribution < 1.29 is 51.4 Å². The SMILES string of the molecule is [K+].[S-]c1cccc2cccnc12. The number of hydrogen-bond donors (Lipinski definition) is 0. The molecule has 0 aliphatic heterocycles. The molecule has 0 radical (unpaired) electrons. The Morgan fingerprint density at radius 1 is 1.08 bits per heavy atom. The molecule has 1 aromatic heterocycles. The summed E-state index contributed by atoms with van der Waals surface area (Å²) in [4.78, 5) is 5.00. The zero-order valence-electron chi connectivity index (χ0n) is 6.82. The molecule has 54 valence electrons. The Hall–Kier alpha value is 0.486. The first-order valence-electron chi connectivity index (χ1n) is 3.39. The van der Waals surface area contributed by atoms with E-state index in [4.69, 9.17) is 12.6 Å². The fourth-order valence-electron chi connectivity index (χ4n) is 1.08. The molecule has 0 unspecified atom stereocenters. The Bertz CT molecular complexity index is 384. The molecule has 0 fully saturated rings. The van der Waals surface area contributed by atoms with Gasteiger partial charge in [-0.05, 0) is 11.5 Å². The van der Waals surface area contributed by atoms with E-state index in [1.54, 1.807) is 6.20 Å². The zero-order valence-corrected chi connectivity index (χ0v) is 10.8. The third-order valence-electron chi connectivity index (χ3n) is 1.60. The molecule has 0 N–H and O–H groups in total. The van der Waals surface area contributed by atoms with Gasteiger partial charge in [-0.1, -0.05) is 24.3 Å². The van der Waals surface area contributed by atoms with Crippen molar-refractivity contribution in [1.82, 2.24) is 4.98 Å². The van der Waals surface area contributed by atoms with E-state index in [-0.39, 0.29) is 51.4 Å². The third kappa shape index (κ3) is 2.04. The maximum atomic E-state index is 5.09. The van der Waals surface area contributed by atoms with Crippen molar-refractivity contribution in [2.45, 2.75) is 4.90 Å². The first-order valence-corrected chi connectivity index (χ1v) is 3.79. The van der Waals surface area contributed by atoms with Crippen LogP contribution in [-0.4, -0.2) is 4.98 Å². The van der Waals surface area contributed by atoms with Gasteiger partial charge in [0.25, 0.3) is 0 Å². The standard InChI is InChI=1S/C9H7NS.K/c11-8-5-1-3-7-4-2-6-10-9(7)8;/h1-6,11H;/q;+1/p-1. The van der Waals surface area contributed by atoms with E-state index in [0.29, 0.717) is 0 Å². The first-order chi connectivity index (χ1) is 5.38. The molecule has 0 saturated heterocycles. The van der Waals surface area contributed by atoms with Gasteiger partial charge < -0.3 is 12.6 Å². The minimum absolute atomic E-state index is 0. The van der Waals surface area contributed by atoms with E-state index in [2.05, 4.69) is 4.98 Å². The van der Waals surface area contributed by atoms with Gasteiger partial charge in [0, 0.05) is 6.20 Å². The van der Waals surface area contributed by atoms with Crippen LogP contribution in [0.1, 0.15) is 0 Å². The van der Waals surface area contributed by atoms with E-state index in [0.717, 1.165) is 15.8 Å². The molecule has 3 heteroatoms. The Labute approximate surface area is 119 Å². The summed E-state index contributed by atoms with van der Waals surface area (Å²) in [5.41, 5.74) is 0.921. The molecule has 1 aromatic carbocycles. The molecule has 0 spiro atoms. The number of fused-ring (bicyclic) bond motifs is 1. The molecule has 0 aliphatic rings. The van der Waals surface area contributed by atoms with Crippen molar-refractivity contribution in [2.24, 2.45) is 0 Å². The van der Waals surface area contributed by atoms with Gasteiger partial charge in [-0.2, -0.15) is 0 Å². The zero-order chi connectivity index (χ0) is 7.68. The maximum Gasteiger partial charge on any atom is 1.00 e. The van der Waals surface area contributed by atoms with E-state index in [9.17, 15) is 0 Å². The van der Waals surface area contributed by atoms with Gasteiger partial charge in [0.05, 0.1) is 5.52 Å². The topological polar surface area (TPSA) is 12.9 Å². The number of rotatable bonds is 0. The summed E-state index contributed by atoms with van der Waals surface area (Å²) >= 11 is 5.09. The van der Waals surface area contributed by atoms with Crippen LogP contribution >= 0.6 is 0 Å². The van der Waals surface area contributed by atoms with Crippen LogP contribution in [0.25, 0.3) is 10.9 Å². The second-order valence-electron chi connectivity index (χ2n) is 2.33. The van der Waals surface area contributed by atoms with Crippen LogP contribution in [-0.2, 0) is 12.6 Å². The summed E-state index contributed by atoms with van der Waals surface area (Å²) in [6, 6.07) is 9.78. The molecule has 0 saturated carbocycles. The van der Waals surface area contributed by atoms with Gasteiger partial charge in [0.15, 0.2) is 0 Å². The summed E-state index contributed by atoms with van der Waals surface area (Å²) in [6.07, 6.45) is 1.76. The Kier molecular flexibility index (Phi) is 4.09. The molecular formula is C9H6KNS. The van der Waals surface area contributed by atoms with Gasteiger partial charge in [-0.25, -0.2) is 0 Å². The molecule has 12 heavy (non-hydrogen) atoms. The first kappa shape index (κ1) is 10.6. The monoisotopic (exact) mass is 199 g/mol. The Morgan fingerprint density at radius 2 is 1.83 bits per heavy atom. The summed E-state index contributed by atoms with van der Waals surface area (Å²) in [7, 11) is 0. The normalized spacial score (nSPS) is 9.33. The molecule has 2 aromatic rings. The summed E-state index contributed by atoms with van der Waals surface area (Å²) < 4.78 is 0. The maximum absolute atomic E-state index is 5.09. The van der Waals surface area contributed by atoms with Crippen LogP contribution in [0, 0.1) is 0 Å². The average Bonchev–Trinajstić information content (AvgIpc) is 2.06. The molecule has 0 atom stereocenters. The predicted molar refractivity (Wildman–Crippen MR) is 47.4 cm³/mol. The predicted octanol–water partition coefficient (Wildman–Crippen LogP) is -0.855. The molecule has 1 nitrogen and oxygen atoms in total. The Morgan fingerprint density at radius 3 is 2.58 bits per heavy atom. The second-order valence-corrected chi connectivity index (χ2v) is 2.77. The van der Waals surface area contributed by atoms with Crippen LogP contribution in [0.5, 0.6) is 0 Å². The van der Waals surface area contributed by atoms with Crippen molar-refractivity contribution in [2.75, 3.05) is 0 Å². The summed E-state index contributed by atoms with van der Waals surface area (Å²) in [6.45, 7) is 0. The Balaban J connectivity index is 0.000000720. The van der Waals surface area contributed by atoms with E-state index < -0.39 is 0 Å². The molecule has 0 aliphatic carbocycles. The summed E-state index contributed by atoms with van der Waals surface area (Å²) in [5, 5.41) is 1.11. The van der Waals surface area contributed by atoms with E-state index in [1.807, 2.05) is 30.3 Å². The van der Waals surface area contributed by atoms with Crippen molar-refractivity contribution in [1.29, 1.82) is 0 Å². The average molecular weight is 199 g/mol. The fourth-order valence-corrected chi connectivity index (χ4v) is 1.33.